The van der Waals surface area contributed by atoms with Gasteiger partial charge in [0.25, 0.3) is 0 Å². The van der Waals surface area contributed by atoms with E-state index in [9.17, 15) is 14.8 Å². The Kier molecular flexibility index (Phi) is 3.80. The molecule has 0 saturated carbocycles. The van der Waals surface area contributed by atoms with E-state index in [0.717, 1.165) is 6.42 Å². The van der Waals surface area contributed by atoms with E-state index in [-0.39, 0.29) is 11.4 Å². The molecule has 1 atom stereocenters. The summed E-state index contributed by atoms with van der Waals surface area (Å²) in [6, 6.07) is 2.89. The van der Waals surface area contributed by atoms with Crippen LogP contribution in [0.4, 0.5) is 5.69 Å². The number of hydrogen-bond acceptors (Lipinski definition) is 3. The molecule has 0 saturated heterocycles. The Balaban J connectivity index is 3.20. The third kappa shape index (κ3) is 3.13. The number of anilines is 1. The molecule has 0 aliphatic heterocycles. The van der Waals surface area contributed by atoms with Crippen LogP contribution in [0.15, 0.2) is 12.1 Å². The number of nitrogens with one attached hydrogen (secondary N) is 1. The zero-order chi connectivity index (χ0) is 12.3. The Morgan fingerprint density at radius 3 is 2.56 bits per heavy atom. The van der Waals surface area contributed by atoms with Gasteiger partial charge < -0.3 is 15.1 Å². The molecule has 0 fully saturated rings. The number of hydrogen-bond donors (Lipinski definition) is 5. The van der Waals surface area contributed by atoms with Crippen LogP contribution in [0.5, 0.6) is 11.5 Å². The van der Waals surface area contributed by atoms with Crippen LogP contribution in [0.1, 0.15) is 18.9 Å². The number of nitrogens with two attached hydrogens (primary N) is 1. The SMILES string of the molecule is CCCc1ccc(O)c(O)c1NP(N)(=O)O. The van der Waals surface area contributed by atoms with Gasteiger partial charge in [0.15, 0.2) is 11.5 Å². The molecule has 0 spiro atoms. The molecule has 0 amide bonds. The lowest BCUT2D eigenvalue weighted by atomic mass is 10.1. The van der Waals surface area contributed by atoms with Crippen molar-refractivity contribution in [1.29, 1.82) is 0 Å². The summed E-state index contributed by atoms with van der Waals surface area (Å²) in [5.74, 6) is -0.832. The molecule has 0 bridgehead atoms. The average molecular weight is 246 g/mol. The van der Waals surface area contributed by atoms with Crippen molar-refractivity contribution >= 4 is 13.4 Å². The normalized spacial score (nSPS) is 14.4. The first-order chi connectivity index (χ1) is 7.35. The van der Waals surface area contributed by atoms with Gasteiger partial charge in [0.2, 0.25) is 0 Å². The second kappa shape index (κ2) is 4.74. The highest BCUT2D eigenvalue weighted by Gasteiger charge is 2.18. The summed E-state index contributed by atoms with van der Waals surface area (Å²) in [5, 5.41) is 21.0. The van der Waals surface area contributed by atoms with Crippen LogP contribution >= 0.6 is 7.67 Å². The highest BCUT2D eigenvalue weighted by Crippen LogP contribution is 2.42. The molecule has 7 heteroatoms. The van der Waals surface area contributed by atoms with Crippen LogP contribution in [-0.2, 0) is 11.0 Å². The lowest BCUT2D eigenvalue weighted by Crippen LogP contribution is -2.06. The minimum atomic E-state index is -4.01. The topological polar surface area (TPSA) is 116 Å². The van der Waals surface area contributed by atoms with Crippen molar-refractivity contribution in [3.05, 3.63) is 17.7 Å². The highest BCUT2D eigenvalue weighted by molar-refractivity contribution is 7.57. The van der Waals surface area contributed by atoms with Gasteiger partial charge in [0.1, 0.15) is 0 Å². The lowest BCUT2D eigenvalue weighted by molar-refractivity contribution is 0.404. The molecular formula is C9H15N2O4P. The minimum absolute atomic E-state index is 0.00943. The summed E-state index contributed by atoms with van der Waals surface area (Å²) in [6.07, 6.45) is 1.38. The molecule has 0 aliphatic carbocycles. The standard InChI is InChI=1S/C9H15N2O4P/c1-2-3-6-4-5-7(12)9(13)8(6)11-16(10,14)15/h4-5,12-13H,2-3H2,1H3,(H4,10,11,14,15). The van der Waals surface area contributed by atoms with E-state index in [4.69, 9.17) is 10.4 Å². The maximum Gasteiger partial charge on any atom is 0.360 e. The van der Waals surface area contributed by atoms with Crippen LogP contribution in [0.25, 0.3) is 0 Å². The molecule has 16 heavy (non-hydrogen) atoms. The Bertz CT molecular complexity index is 430. The molecule has 1 rings (SSSR count). The van der Waals surface area contributed by atoms with Gasteiger partial charge >= 0.3 is 7.67 Å². The van der Waals surface area contributed by atoms with Crippen molar-refractivity contribution in [2.75, 3.05) is 5.09 Å². The fraction of sp³-hybridized carbons (Fsp3) is 0.333. The van der Waals surface area contributed by atoms with Crippen LogP contribution < -0.4 is 10.6 Å². The largest absolute Gasteiger partial charge is 0.504 e. The van der Waals surface area contributed by atoms with Gasteiger partial charge in [-0.1, -0.05) is 19.4 Å². The van der Waals surface area contributed by atoms with E-state index in [1.165, 1.54) is 6.07 Å². The molecule has 0 radical (unpaired) electrons. The first-order valence-electron chi connectivity index (χ1n) is 4.78. The van der Waals surface area contributed by atoms with Gasteiger partial charge in [0, 0.05) is 0 Å². The zero-order valence-corrected chi connectivity index (χ0v) is 9.74. The molecule has 1 unspecified atom stereocenters. The van der Waals surface area contributed by atoms with Gasteiger partial charge in [-0.05, 0) is 18.1 Å². The molecule has 0 aliphatic rings. The van der Waals surface area contributed by atoms with Crippen molar-refractivity contribution in [1.82, 2.24) is 0 Å². The number of rotatable bonds is 4. The predicted octanol–water partition coefficient (Wildman–Crippen LogP) is 1.52. The molecular weight excluding hydrogens is 231 g/mol. The second-order valence-corrected chi connectivity index (χ2v) is 4.92. The Labute approximate surface area is 93.3 Å². The van der Waals surface area contributed by atoms with Crippen LogP contribution in [0.2, 0.25) is 0 Å². The lowest BCUT2D eigenvalue weighted by Gasteiger charge is -2.15. The van der Waals surface area contributed by atoms with E-state index in [0.29, 0.717) is 12.0 Å². The molecule has 6 nitrogen and oxygen atoms in total. The first-order valence-corrected chi connectivity index (χ1v) is 6.51. The average Bonchev–Trinajstić information content (AvgIpc) is 2.16. The zero-order valence-electron chi connectivity index (χ0n) is 8.84. The number of aryl methyl sites for hydroxylation is 1. The second-order valence-electron chi connectivity index (χ2n) is 3.45. The van der Waals surface area contributed by atoms with E-state index in [2.05, 4.69) is 5.09 Å². The minimum Gasteiger partial charge on any atom is -0.504 e. The highest BCUT2D eigenvalue weighted by atomic mass is 31.2. The van der Waals surface area contributed by atoms with E-state index in [1.807, 2.05) is 6.92 Å². The fourth-order valence-corrected chi connectivity index (χ4v) is 1.95. The number of phenolic OH excluding ortho intramolecular Hbond substituents is 2. The van der Waals surface area contributed by atoms with Crippen molar-refractivity contribution < 1.29 is 19.7 Å². The van der Waals surface area contributed by atoms with Gasteiger partial charge in [-0.2, -0.15) is 0 Å². The van der Waals surface area contributed by atoms with Gasteiger partial charge in [-0.15, -0.1) is 0 Å². The Hall–Kier alpha value is -1.23. The number of aromatic hydroxyl groups is 2. The quantitative estimate of drug-likeness (QED) is 0.406. The maximum absolute atomic E-state index is 11.0. The van der Waals surface area contributed by atoms with Crippen LogP contribution in [0, 0.1) is 0 Å². The summed E-state index contributed by atoms with van der Waals surface area (Å²) in [4.78, 5) is 9.01. The van der Waals surface area contributed by atoms with E-state index >= 15 is 0 Å². The van der Waals surface area contributed by atoms with E-state index < -0.39 is 13.4 Å². The van der Waals surface area contributed by atoms with Crippen molar-refractivity contribution in [2.45, 2.75) is 19.8 Å². The predicted molar refractivity (Wildman–Crippen MR) is 61.4 cm³/mol. The summed E-state index contributed by atoms with van der Waals surface area (Å²) >= 11 is 0. The molecule has 6 N–H and O–H groups in total. The first kappa shape index (κ1) is 12.8. The van der Waals surface area contributed by atoms with Gasteiger partial charge in [0.05, 0.1) is 5.69 Å². The fourth-order valence-electron chi connectivity index (χ4n) is 1.38. The van der Waals surface area contributed by atoms with E-state index in [1.54, 1.807) is 6.07 Å². The van der Waals surface area contributed by atoms with Gasteiger partial charge in [-0.3, -0.25) is 5.09 Å². The third-order valence-electron chi connectivity index (χ3n) is 2.03. The summed E-state index contributed by atoms with van der Waals surface area (Å²) in [6.45, 7) is 1.93. The molecule has 1 aromatic rings. The monoisotopic (exact) mass is 246 g/mol. The summed E-state index contributed by atoms with van der Waals surface area (Å²) < 4.78 is 11.0. The summed E-state index contributed by atoms with van der Waals surface area (Å²) in [5.41, 5.74) is 5.59. The Morgan fingerprint density at radius 1 is 1.44 bits per heavy atom. The smallest absolute Gasteiger partial charge is 0.360 e. The van der Waals surface area contributed by atoms with Crippen molar-refractivity contribution in [3.63, 3.8) is 0 Å². The number of benzene rings is 1. The van der Waals surface area contributed by atoms with Crippen molar-refractivity contribution in [3.8, 4) is 11.5 Å². The molecule has 90 valence electrons. The summed E-state index contributed by atoms with van der Waals surface area (Å²) in [7, 11) is -4.01. The van der Waals surface area contributed by atoms with Gasteiger partial charge in [-0.25, -0.2) is 10.1 Å². The van der Waals surface area contributed by atoms with Crippen LogP contribution in [0.3, 0.4) is 0 Å². The van der Waals surface area contributed by atoms with Crippen LogP contribution in [-0.4, -0.2) is 15.1 Å². The maximum atomic E-state index is 11.0. The number of phenols is 2. The molecule has 1 aromatic carbocycles. The third-order valence-corrected chi connectivity index (χ3v) is 2.58. The van der Waals surface area contributed by atoms with Crippen molar-refractivity contribution in [2.24, 2.45) is 5.50 Å². The molecule has 0 aromatic heterocycles. The Morgan fingerprint density at radius 2 is 2.06 bits per heavy atom. The molecule has 0 heterocycles.